The molecule has 84 valence electrons. The van der Waals surface area contributed by atoms with Crippen molar-refractivity contribution in [1.82, 2.24) is 4.98 Å². The van der Waals surface area contributed by atoms with Crippen LogP contribution < -0.4 is 10.5 Å². The Morgan fingerprint density at radius 2 is 2.27 bits per heavy atom. The summed E-state index contributed by atoms with van der Waals surface area (Å²) in [6.45, 7) is 5.71. The molecule has 0 amide bonds. The number of hydrogen-bond acceptors (Lipinski definition) is 3. The van der Waals surface area contributed by atoms with Crippen LogP contribution in [-0.2, 0) is 0 Å². The van der Waals surface area contributed by atoms with Crippen LogP contribution in [0, 0.1) is 0 Å². The van der Waals surface area contributed by atoms with Gasteiger partial charge in [0, 0.05) is 6.20 Å². The SMILES string of the molecule is CCCOc1cncc(C(C)CCN)c1. The summed E-state index contributed by atoms with van der Waals surface area (Å²) in [5.41, 5.74) is 6.74. The molecule has 0 saturated carbocycles. The molecule has 0 spiro atoms. The summed E-state index contributed by atoms with van der Waals surface area (Å²) in [6, 6.07) is 2.06. The zero-order valence-corrected chi connectivity index (χ0v) is 9.57. The van der Waals surface area contributed by atoms with E-state index in [1.807, 2.05) is 6.20 Å². The van der Waals surface area contributed by atoms with Crippen LogP contribution in [0.2, 0.25) is 0 Å². The van der Waals surface area contributed by atoms with E-state index in [0.717, 1.165) is 25.2 Å². The third-order valence-electron chi connectivity index (χ3n) is 2.38. The van der Waals surface area contributed by atoms with Crippen LogP contribution in [0.1, 0.15) is 38.2 Å². The fraction of sp³-hybridized carbons (Fsp3) is 0.583. The van der Waals surface area contributed by atoms with Gasteiger partial charge in [0.2, 0.25) is 0 Å². The maximum atomic E-state index is 5.53. The molecule has 1 aromatic heterocycles. The van der Waals surface area contributed by atoms with E-state index in [0.29, 0.717) is 12.5 Å². The molecular formula is C12H20N2O. The molecule has 0 radical (unpaired) electrons. The average molecular weight is 208 g/mol. The van der Waals surface area contributed by atoms with Crippen molar-refractivity contribution in [2.45, 2.75) is 32.6 Å². The van der Waals surface area contributed by atoms with Gasteiger partial charge in [-0.3, -0.25) is 4.98 Å². The van der Waals surface area contributed by atoms with E-state index in [1.54, 1.807) is 6.20 Å². The fourth-order valence-corrected chi connectivity index (χ4v) is 1.42. The number of aromatic nitrogens is 1. The van der Waals surface area contributed by atoms with Crippen molar-refractivity contribution in [3.63, 3.8) is 0 Å². The monoisotopic (exact) mass is 208 g/mol. The Morgan fingerprint density at radius 1 is 1.47 bits per heavy atom. The first-order valence-corrected chi connectivity index (χ1v) is 5.55. The van der Waals surface area contributed by atoms with Crippen molar-refractivity contribution in [3.8, 4) is 5.75 Å². The first kappa shape index (κ1) is 12.0. The molecule has 15 heavy (non-hydrogen) atoms. The third kappa shape index (κ3) is 3.88. The molecule has 0 aliphatic rings. The summed E-state index contributed by atoms with van der Waals surface area (Å²) in [7, 11) is 0. The second kappa shape index (κ2) is 6.40. The second-order valence-corrected chi connectivity index (χ2v) is 3.78. The van der Waals surface area contributed by atoms with E-state index in [2.05, 4.69) is 24.9 Å². The lowest BCUT2D eigenvalue weighted by atomic mass is 10.00. The smallest absolute Gasteiger partial charge is 0.137 e. The highest BCUT2D eigenvalue weighted by Crippen LogP contribution is 2.21. The van der Waals surface area contributed by atoms with Gasteiger partial charge in [-0.1, -0.05) is 13.8 Å². The zero-order chi connectivity index (χ0) is 11.1. The van der Waals surface area contributed by atoms with Crippen molar-refractivity contribution in [2.75, 3.05) is 13.2 Å². The number of ether oxygens (including phenoxy) is 1. The molecular weight excluding hydrogens is 188 g/mol. The minimum Gasteiger partial charge on any atom is -0.492 e. The number of rotatable bonds is 6. The van der Waals surface area contributed by atoms with E-state index in [9.17, 15) is 0 Å². The molecule has 3 nitrogen and oxygen atoms in total. The summed E-state index contributed by atoms with van der Waals surface area (Å²) < 4.78 is 5.53. The number of hydrogen-bond donors (Lipinski definition) is 1. The molecule has 1 aromatic rings. The Morgan fingerprint density at radius 3 is 2.93 bits per heavy atom. The summed E-state index contributed by atoms with van der Waals surface area (Å²) >= 11 is 0. The lowest BCUT2D eigenvalue weighted by Gasteiger charge is -2.11. The van der Waals surface area contributed by atoms with Crippen LogP contribution >= 0.6 is 0 Å². The van der Waals surface area contributed by atoms with Gasteiger partial charge in [0.15, 0.2) is 0 Å². The van der Waals surface area contributed by atoms with Crippen molar-refractivity contribution in [1.29, 1.82) is 0 Å². The summed E-state index contributed by atoms with van der Waals surface area (Å²) in [5, 5.41) is 0. The summed E-state index contributed by atoms with van der Waals surface area (Å²) in [6.07, 6.45) is 5.65. The first-order valence-electron chi connectivity index (χ1n) is 5.55. The van der Waals surface area contributed by atoms with Gasteiger partial charge in [0.05, 0.1) is 12.8 Å². The van der Waals surface area contributed by atoms with Crippen LogP contribution in [0.15, 0.2) is 18.5 Å². The molecule has 1 unspecified atom stereocenters. The predicted octanol–water partition coefficient (Wildman–Crippen LogP) is 2.32. The molecule has 1 rings (SSSR count). The first-order chi connectivity index (χ1) is 7.27. The molecule has 0 fully saturated rings. The minimum absolute atomic E-state index is 0.452. The van der Waals surface area contributed by atoms with Gasteiger partial charge in [-0.2, -0.15) is 0 Å². The molecule has 1 atom stereocenters. The van der Waals surface area contributed by atoms with Gasteiger partial charge in [-0.25, -0.2) is 0 Å². The van der Waals surface area contributed by atoms with Crippen LogP contribution in [-0.4, -0.2) is 18.1 Å². The quantitative estimate of drug-likeness (QED) is 0.780. The largest absolute Gasteiger partial charge is 0.492 e. The van der Waals surface area contributed by atoms with E-state index in [1.165, 1.54) is 5.56 Å². The topological polar surface area (TPSA) is 48.1 Å². The van der Waals surface area contributed by atoms with Gasteiger partial charge < -0.3 is 10.5 Å². The maximum Gasteiger partial charge on any atom is 0.137 e. The molecule has 0 aromatic carbocycles. The average Bonchev–Trinajstić information content (AvgIpc) is 2.27. The van der Waals surface area contributed by atoms with Gasteiger partial charge >= 0.3 is 0 Å². The summed E-state index contributed by atoms with van der Waals surface area (Å²) in [5.74, 6) is 1.31. The molecule has 0 saturated heterocycles. The van der Waals surface area contributed by atoms with E-state index < -0.39 is 0 Å². The molecule has 3 heteroatoms. The van der Waals surface area contributed by atoms with E-state index >= 15 is 0 Å². The van der Waals surface area contributed by atoms with Crippen LogP contribution in [0.4, 0.5) is 0 Å². The lowest BCUT2D eigenvalue weighted by molar-refractivity contribution is 0.315. The zero-order valence-electron chi connectivity index (χ0n) is 9.57. The highest BCUT2D eigenvalue weighted by Gasteiger charge is 2.06. The third-order valence-corrected chi connectivity index (χ3v) is 2.38. The van der Waals surface area contributed by atoms with Crippen LogP contribution in [0.5, 0.6) is 5.75 Å². The Hall–Kier alpha value is -1.09. The Kier molecular flexibility index (Phi) is 5.12. The Bertz CT molecular complexity index is 289. The predicted molar refractivity (Wildman–Crippen MR) is 62.1 cm³/mol. The Labute approximate surface area is 91.7 Å². The molecule has 0 aliphatic carbocycles. The normalized spacial score (nSPS) is 12.5. The van der Waals surface area contributed by atoms with Gasteiger partial charge in [-0.15, -0.1) is 0 Å². The fourth-order valence-electron chi connectivity index (χ4n) is 1.42. The Balaban J connectivity index is 2.64. The lowest BCUT2D eigenvalue weighted by Crippen LogP contribution is -2.05. The van der Waals surface area contributed by atoms with Gasteiger partial charge in [-0.05, 0) is 36.9 Å². The van der Waals surface area contributed by atoms with Gasteiger partial charge in [0.1, 0.15) is 5.75 Å². The number of nitrogens with zero attached hydrogens (tertiary/aromatic N) is 1. The van der Waals surface area contributed by atoms with Crippen molar-refractivity contribution < 1.29 is 4.74 Å². The summed E-state index contributed by atoms with van der Waals surface area (Å²) in [4.78, 5) is 4.18. The van der Waals surface area contributed by atoms with Crippen LogP contribution in [0.25, 0.3) is 0 Å². The second-order valence-electron chi connectivity index (χ2n) is 3.78. The van der Waals surface area contributed by atoms with Crippen molar-refractivity contribution in [3.05, 3.63) is 24.0 Å². The maximum absolute atomic E-state index is 5.53. The molecule has 1 heterocycles. The van der Waals surface area contributed by atoms with Gasteiger partial charge in [0.25, 0.3) is 0 Å². The van der Waals surface area contributed by atoms with E-state index in [4.69, 9.17) is 10.5 Å². The number of nitrogens with two attached hydrogens (primary N) is 1. The van der Waals surface area contributed by atoms with Crippen LogP contribution in [0.3, 0.4) is 0 Å². The van der Waals surface area contributed by atoms with Crippen molar-refractivity contribution in [2.24, 2.45) is 5.73 Å². The molecule has 0 bridgehead atoms. The highest BCUT2D eigenvalue weighted by atomic mass is 16.5. The molecule has 2 N–H and O–H groups in total. The minimum atomic E-state index is 0.452. The standard InChI is InChI=1S/C12H20N2O/c1-3-6-15-12-7-11(8-14-9-12)10(2)4-5-13/h7-10H,3-6,13H2,1-2H3. The van der Waals surface area contributed by atoms with E-state index in [-0.39, 0.29) is 0 Å². The number of pyridine rings is 1. The van der Waals surface area contributed by atoms with Crippen molar-refractivity contribution >= 4 is 0 Å². The molecule has 0 aliphatic heterocycles. The highest BCUT2D eigenvalue weighted by molar-refractivity contribution is 5.25.